The summed E-state index contributed by atoms with van der Waals surface area (Å²) in [6.07, 6.45) is 1.90. The second-order valence-corrected chi connectivity index (χ2v) is 21.6. The minimum absolute atomic E-state index is 0.00186. The van der Waals surface area contributed by atoms with Crippen molar-refractivity contribution in [2.75, 3.05) is 18.6 Å². The molecule has 0 radical (unpaired) electrons. The van der Waals surface area contributed by atoms with Crippen molar-refractivity contribution >= 4 is 49.5 Å². The summed E-state index contributed by atoms with van der Waals surface area (Å²) in [6.45, 7) is 29.3. The molecule has 11 heteroatoms. The zero-order valence-corrected chi connectivity index (χ0v) is 31.3. The van der Waals surface area contributed by atoms with Gasteiger partial charge in [0.2, 0.25) is 5.91 Å². The van der Waals surface area contributed by atoms with Crippen LogP contribution in [0.1, 0.15) is 88.6 Å². The summed E-state index contributed by atoms with van der Waals surface area (Å²) >= 11 is 0. The molecule has 2 aliphatic heterocycles. The Morgan fingerprint density at radius 3 is 2.18 bits per heavy atom. The molecule has 250 valence electrons. The Balaban J connectivity index is 1.94. The number of nitrogens with one attached hydrogen (secondary N) is 1. The molecule has 0 saturated carbocycles. The molecule has 2 aromatic rings. The van der Waals surface area contributed by atoms with Gasteiger partial charge >= 0.3 is 13.2 Å². The van der Waals surface area contributed by atoms with Crippen LogP contribution in [0.5, 0.6) is 0 Å². The lowest BCUT2D eigenvalue weighted by molar-refractivity contribution is -0.124. The van der Waals surface area contributed by atoms with E-state index in [1.54, 1.807) is 4.57 Å². The van der Waals surface area contributed by atoms with E-state index in [1.165, 1.54) is 0 Å². The maximum Gasteiger partial charge on any atom is 0.494 e. The molecule has 1 N–H and O–H groups in total. The van der Waals surface area contributed by atoms with Gasteiger partial charge in [-0.25, -0.2) is 4.79 Å². The van der Waals surface area contributed by atoms with E-state index < -0.39 is 44.4 Å². The van der Waals surface area contributed by atoms with E-state index in [0.717, 1.165) is 22.1 Å². The first-order valence-electron chi connectivity index (χ1n) is 16.3. The summed E-state index contributed by atoms with van der Waals surface area (Å²) in [5.74, 6) is -0.0438. The largest absolute Gasteiger partial charge is 0.494 e. The summed E-state index contributed by atoms with van der Waals surface area (Å²) < 4.78 is 27.1. The van der Waals surface area contributed by atoms with E-state index in [4.69, 9.17) is 18.5 Å². The Hall–Kier alpha value is -2.34. The van der Waals surface area contributed by atoms with Gasteiger partial charge in [0.05, 0.1) is 29.4 Å². The third kappa shape index (κ3) is 7.01. The van der Waals surface area contributed by atoms with Gasteiger partial charge in [-0.15, -0.1) is 0 Å². The molecule has 4 rings (SSSR count). The molecule has 9 nitrogen and oxygen atoms in total. The Morgan fingerprint density at radius 1 is 1.09 bits per heavy atom. The summed E-state index contributed by atoms with van der Waals surface area (Å²) in [5, 5.41) is 4.27. The molecule has 1 saturated heterocycles. The number of anilines is 1. The second kappa shape index (κ2) is 11.7. The van der Waals surface area contributed by atoms with E-state index in [0.29, 0.717) is 18.5 Å². The highest BCUT2D eigenvalue weighted by molar-refractivity contribution is 6.74. The van der Waals surface area contributed by atoms with Crippen LogP contribution in [0.25, 0.3) is 10.9 Å². The Labute approximate surface area is 271 Å². The predicted octanol–water partition coefficient (Wildman–Crippen LogP) is 6.25. The van der Waals surface area contributed by atoms with Gasteiger partial charge in [-0.3, -0.25) is 9.36 Å². The number of aromatic nitrogens is 1. The van der Waals surface area contributed by atoms with Crippen LogP contribution in [-0.4, -0.2) is 74.5 Å². The molecule has 0 spiro atoms. The van der Waals surface area contributed by atoms with Crippen molar-refractivity contribution in [3.8, 4) is 0 Å². The van der Waals surface area contributed by atoms with Gasteiger partial charge in [0.15, 0.2) is 8.32 Å². The molecular weight excluding hydrogens is 585 g/mol. The van der Waals surface area contributed by atoms with Crippen molar-refractivity contribution in [1.82, 2.24) is 9.88 Å². The average molecular weight is 642 g/mol. The van der Waals surface area contributed by atoms with Crippen molar-refractivity contribution in [2.45, 2.75) is 137 Å². The molecule has 45 heavy (non-hydrogen) atoms. The topological polar surface area (TPSA) is 91.3 Å². The number of hydrogen-bond acceptors (Lipinski definition) is 7. The molecule has 3 heterocycles. The van der Waals surface area contributed by atoms with Crippen LogP contribution in [0.3, 0.4) is 0 Å². The van der Waals surface area contributed by atoms with Crippen molar-refractivity contribution in [3.63, 3.8) is 0 Å². The standard InChI is InChI=1S/C34H56BN3O6Si/c1-21(2)28-29(39)36-24(20-41-45(14,15)32(6,7)8)16-22-19-38(30(40)42-31(3,4)5)26-18-23(17-25(27(22)26)37(28)13)35-43-33(9,10)34(11,12)44-35/h17-19,21,24,28H,16,20H2,1-15H3,(H,36,39)/t24-,28-/m0/s1. The number of hydrogen-bond donors (Lipinski definition) is 1. The molecule has 1 aromatic heterocycles. The monoisotopic (exact) mass is 641 g/mol. The van der Waals surface area contributed by atoms with Crippen LogP contribution in [0.2, 0.25) is 18.1 Å². The Kier molecular flexibility index (Phi) is 9.25. The van der Waals surface area contributed by atoms with Crippen LogP contribution in [0.4, 0.5) is 10.5 Å². The SMILES string of the molecule is CC(C)[C@H]1C(=O)N[C@H](CO[Si](C)(C)C(C)(C)C)Cc2cn(C(=O)OC(C)(C)C)c3cc(B4OC(C)(C)C(C)(C)O4)cc(c23)N1C. The molecular formula is C34H56BN3O6Si. The number of benzene rings is 1. The third-order valence-corrected chi connectivity index (χ3v) is 14.6. The normalized spacial score (nSPS) is 22.4. The third-order valence-electron chi connectivity index (χ3n) is 10.1. The zero-order chi connectivity index (χ0) is 34.1. The van der Waals surface area contributed by atoms with E-state index in [9.17, 15) is 9.59 Å². The second-order valence-electron chi connectivity index (χ2n) is 16.8. The highest BCUT2D eigenvalue weighted by atomic mass is 28.4. The minimum atomic E-state index is -2.09. The fraction of sp³-hybridized carbons (Fsp3) is 0.706. The van der Waals surface area contributed by atoms with E-state index in [2.05, 4.69) is 59.1 Å². The quantitative estimate of drug-likeness (QED) is 0.386. The maximum atomic E-state index is 14.0. The molecule has 2 aliphatic rings. The minimum Gasteiger partial charge on any atom is -0.443 e. The van der Waals surface area contributed by atoms with Gasteiger partial charge in [0.25, 0.3) is 0 Å². The molecule has 0 unspecified atom stereocenters. The van der Waals surface area contributed by atoms with Crippen molar-refractivity contribution in [1.29, 1.82) is 0 Å². The molecule has 1 fully saturated rings. The summed E-state index contributed by atoms with van der Waals surface area (Å²) in [6, 6.07) is 3.28. The summed E-state index contributed by atoms with van der Waals surface area (Å²) in [7, 11) is -0.795. The average Bonchev–Trinajstić information content (AvgIpc) is 3.33. The van der Waals surface area contributed by atoms with Crippen LogP contribution >= 0.6 is 0 Å². The van der Waals surface area contributed by atoms with Crippen LogP contribution in [0.15, 0.2) is 18.3 Å². The number of rotatable bonds is 5. The number of likely N-dealkylation sites (N-methyl/N-ethyl adjacent to an activating group) is 1. The van der Waals surface area contributed by atoms with Gasteiger partial charge in [-0.1, -0.05) is 34.6 Å². The molecule has 1 amide bonds. The molecule has 2 atom stereocenters. The highest BCUT2D eigenvalue weighted by Gasteiger charge is 2.52. The number of amides is 1. The fourth-order valence-electron chi connectivity index (χ4n) is 5.76. The lowest BCUT2D eigenvalue weighted by Crippen LogP contribution is -2.53. The maximum absolute atomic E-state index is 14.0. The number of ether oxygens (including phenoxy) is 1. The van der Waals surface area contributed by atoms with Gasteiger partial charge in [-0.05, 0) is 102 Å². The van der Waals surface area contributed by atoms with E-state index in [-0.39, 0.29) is 22.9 Å². The lowest BCUT2D eigenvalue weighted by Gasteiger charge is -2.37. The first-order chi connectivity index (χ1) is 20.3. The Bertz CT molecular complexity index is 1440. The van der Waals surface area contributed by atoms with Gasteiger partial charge < -0.3 is 28.7 Å². The van der Waals surface area contributed by atoms with Gasteiger partial charge in [-0.2, -0.15) is 0 Å². The van der Waals surface area contributed by atoms with E-state index in [1.807, 2.05) is 72.7 Å². The lowest BCUT2D eigenvalue weighted by atomic mass is 9.78. The van der Waals surface area contributed by atoms with E-state index >= 15 is 0 Å². The first kappa shape index (κ1) is 35.5. The van der Waals surface area contributed by atoms with Crippen LogP contribution in [-0.2, 0) is 29.7 Å². The molecule has 1 aromatic carbocycles. The Morgan fingerprint density at radius 2 is 1.67 bits per heavy atom. The summed E-state index contributed by atoms with van der Waals surface area (Å²) in [5.41, 5.74) is 1.47. The molecule has 0 bridgehead atoms. The summed E-state index contributed by atoms with van der Waals surface area (Å²) in [4.78, 5) is 29.8. The van der Waals surface area contributed by atoms with Crippen molar-refractivity contribution in [2.24, 2.45) is 5.92 Å². The zero-order valence-electron chi connectivity index (χ0n) is 30.3. The smallest absolute Gasteiger partial charge is 0.443 e. The van der Waals surface area contributed by atoms with Gasteiger partial charge in [0.1, 0.15) is 11.6 Å². The van der Waals surface area contributed by atoms with Crippen molar-refractivity contribution in [3.05, 3.63) is 23.9 Å². The highest BCUT2D eigenvalue weighted by Crippen LogP contribution is 2.40. The number of carbonyl (C=O) groups excluding carboxylic acids is 2. The molecule has 0 aliphatic carbocycles. The predicted molar refractivity (Wildman–Crippen MR) is 185 cm³/mol. The van der Waals surface area contributed by atoms with Crippen LogP contribution in [0, 0.1) is 5.92 Å². The first-order valence-corrected chi connectivity index (χ1v) is 19.2. The van der Waals surface area contributed by atoms with Crippen LogP contribution < -0.4 is 15.7 Å². The number of carbonyl (C=O) groups is 2. The number of nitrogens with zero attached hydrogens (tertiary/aromatic N) is 2. The fourth-order valence-corrected chi connectivity index (χ4v) is 6.81. The van der Waals surface area contributed by atoms with Gasteiger partial charge in [0, 0.05) is 24.3 Å². The van der Waals surface area contributed by atoms with Crippen molar-refractivity contribution < 1.29 is 28.1 Å².